The lowest BCUT2D eigenvalue weighted by atomic mass is 9.71. The van der Waals surface area contributed by atoms with Crippen molar-refractivity contribution in [2.75, 3.05) is 5.75 Å². The van der Waals surface area contributed by atoms with Crippen molar-refractivity contribution < 1.29 is 12.8 Å². The fourth-order valence-corrected chi connectivity index (χ4v) is 6.77. The Morgan fingerprint density at radius 3 is 2.22 bits per heavy atom. The van der Waals surface area contributed by atoms with Crippen LogP contribution in [-0.4, -0.2) is 28.6 Å². The summed E-state index contributed by atoms with van der Waals surface area (Å²) in [6.45, 7) is 17.7. The van der Waals surface area contributed by atoms with Crippen molar-refractivity contribution >= 4 is 18.2 Å². The lowest BCUT2D eigenvalue weighted by molar-refractivity contribution is 0.0682. The van der Waals surface area contributed by atoms with E-state index >= 15 is 0 Å². The summed E-state index contributed by atoms with van der Waals surface area (Å²) in [4.78, 5) is 0.397. The van der Waals surface area contributed by atoms with E-state index in [4.69, 9.17) is 4.43 Å². The minimum absolute atomic E-state index is 0.0584. The molecule has 0 fully saturated rings. The molecule has 0 radical (unpaired) electrons. The van der Waals surface area contributed by atoms with Crippen LogP contribution in [0.1, 0.15) is 54.4 Å². The van der Waals surface area contributed by atoms with Crippen LogP contribution >= 0.6 is 0 Å². The van der Waals surface area contributed by atoms with Gasteiger partial charge in [-0.3, -0.25) is 0 Å². The molecule has 0 spiro atoms. The molecule has 0 saturated carbocycles. The maximum atomic E-state index is 13.0. The number of rotatable bonds is 5. The second-order valence-electron chi connectivity index (χ2n) is 9.96. The van der Waals surface area contributed by atoms with Crippen molar-refractivity contribution in [1.82, 2.24) is 0 Å². The van der Waals surface area contributed by atoms with E-state index in [0.717, 1.165) is 18.4 Å². The summed E-state index contributed by atoms with van der Waals surface area (Å²) in [7, 11) is -5.29. The number of benzene rings is 1. The van der Waals surface area contributed by atoms with E-state index in [1.165, 1.54) is 5.57 Å². The third-order valence-corrected chi connectivity index (χ3v) is 12.7. The highest BCUT2D eigenvalue weighted by Gasteiger charge is 2.46. The summed E-state index contributed by atoms with van der Waals surface area (Å²) in [5.74, 6) is 0.0766. The molecule has 1 aliphatic rings. The van der Waals surface area contributed by atoms with Gasteiger partial charge in [0.1, 0.15) is 0 Å². The van der Waals surface area contributed by atoms with Crippen LogP contribution in [0.25, 0.3) is 0 Å². The van der Waals surface area contributed by atoms with Crippen molar-refractivity contribution in [3.63, 3.8) is 0 Å². The smallest absolute Gasteiger partial charge is 0.192 e. The van der Waals surface area contributed by atoms with Crippen LogP contribution in [0.2, 0.25) is 18.1 Å². The Morgan fingerprint density at radius 1 is 1.15 bits per heavy atom. The molecule has 1 aliphatic carbocycles. The van der Waals surface area contributed by atoms with E-state index < -0.39 is 18.2 Å². The second-order valence-corrected chi connectivity index (χ2v) is 16.7. The fraction of sp³-hybridized carbons (Fsp3) is 0.636. The van der Waals surface area contributed by atoms with Gasteiger partial charge in [-0.15, -0.1) is 0 Å². The molecule has 3 nitrogen and oxygen atoms in total. The third kappa shape index (κ3) is 4.74. The van der Waals surface area contributed by atoms with Gasteiger partial charge in [-0.2, -0.15) is 0 Å². The van der Waals surface area contributed by atoms with Gasteiger partial charge in [0.15, 0.2) is 18.2 Å². The quantitative estimate of drug-likeness (QED) is 0.444. The Balaban J connectivity index is 2.34. The molecule has 0 saturated heterocycles. The first-order valence-electron chi connectivity index (χ1n) is 9.83. The summed E-state index contributed by atoms with van der Waals surface area (Å²) in [6, 6.07) is 8.78. The highest BCUT2D eigenvalue weighted by atomic mass is 32.2. The lowest BCUT2D eigenvalue weighted by Crippen LogP contribution is -2.50. The van der Waals surface area contributed by atoms with Crippen LogP contribution in [0.15, 0.2) is 46.4 Å². The van der Waals surface area contributed by atoms with Crippen molar-refractivity contribution in [3.05, 3.63) is 41.5 Å². The van der Waals surface area contributed by atoms with Gasteiger partial charge in [0.05, 0.1) is 16.8 Å². The van der Waals surface area contributed by atoms with E-state index in [1.54, 1.807) is 24.3 Å². The molecule has 152 valence electrons. The average Bonchev–Trinajstić information content (AvgIpc) is 2.54. The van der Waals surface area contributed by atoms with Crippen LogP contribution in [0.3, 0.4) is 0 Å². The molecule has 27 heavy (non-hydrogen) atoms. The average molecular weight is 409 g/mol. The van der Waals surface area contributed by atoms with Gasteiger partial charge in [-0.1, -0.05) is 58.4 Å². The second kappa shape index (κ2) is 7.49. The van der Waals surface area contributed by atoms with Crippen LogP contribution in [0.4, 0.5) is 0 Å². The Labute approximate surface area is 167 Å². The molecule has 2 rings (SSSR count). The molecule has 0 aromatic heterocycles. The summed E-state index contributed by atoms with van der Waals surface area (Å²) >= 11 is 0. The molecule has 0 aliphatic heterocycles. The zero-order valence-corrected chi connectivity index (χ0v) is 20.0. The number of hydrogen-bond donors (Lipinski definition) is 0. The highest BCUT2D eigenvalue weighted by molar-refractivity contribution is 7.91. The van der Waals surface area contributed by atoms with E-state index in [9.17, 15) is 8.42 Å². The molecule has 5 heteroatoms. The lowest BCUT2D eigenvalue weighted by Gasteiger charge is -2.47. The van der Waals surface area contributed by atoms with Gasteiger partial charge in [0.2, 0.25) is 0 Å². The maximum Gasteiger partial charge on any atom is 0.192 e. The third-order valence-electron chi connectivity index (χ3n) is 6.56. The van der Waals surface area contributed by atoms with Crippen LogP contribution < -0.4 is 0 Å². The largest absolute Gasteiger partial charge is 0.413 e. The SMILES string of the molecule is CC1=C(CS(=O)(=O)c2ccccc2)C(C)(C)C(O[Si](C)(C)C(C)(C)C)CC1. The Morgan fingerprint density at radius 2 is 1.70 bits per heavy atom. The first-order valence-corrected chi connectivity index (χ1v) is 14.4. The van der Waals surface area contributed by atoms with E-state index in [1.807, 2.05) is 6.07 Å². The summed E-state index contributed by atoms with van der Waals surface area (Å²) in [5.41, 5.74) is 1.94. The molecule has 0 amide bonds. The zero-order chi connectivity index (χ0) is 20.7. The molecule has 0 heterocycles. The van der Waals surface area contributed by atoms with Gasteiger partial charge >= 0.3 is 0 Å². The molecule has 0 bridgehead atoms. The molecular formula is C22H36O3SSi. The van der Waals surface area contributed by atoms with Crippen molar-refractivity contribution in [1.29, 1.82) is 0 Å². The van der Waals surface area contributed by atoms with Gasteiger partial charge in [0, 0.05) is 5.41 Å². The van der Waals surface area contributed by atoms with Crippen LogP contribution in [-0.2, 0) is 14.3 Å². The zero-order valence-electron chi connectivity index (χ0n) is 18.2. The molecule has 1 aromatic carbocycles. The summed E-state index contributed by atoms with van der Waals surface area (Å²) < 4.78 is 32.8. The number of allylic oxidation sites excluding steroid dienone is 1. The molecular weight excluding hydrogens is 372 g/mol. The van der Waals surface area contributed by atoms with E-state index in [0.29, 0.717) is 4.90 Å². The topological polar surface area (TPSA) is 43.4 Å². The van der Waals surface area contributed by atoms with Gasteiger partial charge in [0.25, 0.3) is 0 Å². The predicted molar refractivity (Wildman–Crippen MR) is 116 cm³/mol. The molecule has 1 atom stereocenters. The molecule has 1 unspecified atom stereocenters. The standard InChI is InChI=1S/C22H36O3SSi/c1-17-14-15-20(25-27(7,8)21(2,3)4)22(5,6)19(17)16-26(23,24)18-12-10-9-11-13-18/h9-13,20H,14-16H2,1-8H3. The van der Waals surface area contributed by atoms with Gasteiger partial charge < -0.3 is 4.43 Å². The Bertz CT molecular complexity index is 800. The number of sulfone groups is 1. The van der Waals surface area contributed by atoms with E-state index in [-0.39, 0.29) is 22.3 Å². The van der Waals surface area contributed by atoms with Crippen LogP contribution in [0.5, 0.6) is 0 Å². The Hall–Kier alpha value is -0.913. The highest BCUT2D eigenvalue weighted by Crippen LogP contribution is 2.47. The van der Waals surface area contributed by atoms with E-state index in [2.05, 4.69) is 54.6 Å². The molecule has 0 N–H and O–H groups in total. The van der Waals surface area contributed by atoms with Crippen molar-refractivity contribution in [2.45, 2.75) is 83.5 Å². The fourth-order valence-electron chi connectivity index (χ4n) is 3.55. The van der Waals surface area contributed by atoms with Crippen molar-refractivity contribution in [3.8, 4) is 0 Å². The van der Waals surface area contributed by atoms with Gasteiger partial charge in [-0.25, -0.2) is 8.42 Å². The maximum absolute atomic E-state index is 13.0. The summed E-state index contributed by atoms with van der Waals surface area (Å²) in [6.07, 6.45) is 1.92. The first-order chi connectivity index (χ1) is 12.2. The van der Waals surface area contributed by atoms with Gasteiger partial charge in [-0.05, 0) is 55.6 Å². The first kappa shape index (κ1) is 22.4. The van der Waals surface area contributed by atoms with Crippen molar-refractivity contribution in [2.24, 2.45) is 5.41 Å². The minimum Gasteiger partial charge on any atom is -0.413 e. The number of hydrogen-bond acceptors (Lipinski definition) is 3. The Kier molecular flexibility index (Phi) is 6.21. The summed E-state index contributed by atoms with van der Waals surface area (Å²) in [5, 5.41) is 0.134. The normalized spacial score (nSPS) is 21.4. The minimum atomic E-state index is -3.36. The predicted octanol–water partition coefficient (Wildman–Crippen LogP) is 5.99. The molecule has 1 aromatic rings. The van der Waals surface area contributed by atoms with Crippen LogP contribution in [0, 0.1) is 5.41 Å². The monoisotopic (exact) mass is 408 g/mol.